The number of carbonyl (C=O) groups excluding carboxylic acids is 2. The maximum absolute atomic E-state index is 13.1. The molecular formula is C35H40Cl2N2O4. The lowest BCUT2D eigenvalue weighted by Crippen LogP contribution is -2.47. The van der Waals surface area contributed by atoms with Gasteiger partial charge in [-0.25, -0.2) is 0 Å². The number of aliphatic hydroxyl groups is 2. The Morgan fingerprint density at radius 2 is 1.51 bits per heavy atom. The van der Waals surface area contributed by atoms with Crippen molar-refractivity contribution in [2.45, 2.75) is 88.4 Å². The number of hydrogen-bond donors (Lipinski definition) is 4. The monoisotopic (exact) mass is 622 g/mol. The third kappa shape index (κ3) is 10.0. The zero-order valence-corrected chi connectivity index (χ0v) is 26.1. The second-order valence-corrected chi connectivity index (χ2v) is 12.7. The highest BCUT2D eigenvalue weighted by atomic mass is 35.5. The van der Waals surface area contributed by atoms with Gasteiger partial charge in [0.1, 0.15) is 11.2 Å². The molecule has 4 rings (SSSR count). The van der Waals surface area contributed by atoms with E-state index >= 15 is 0 Å². The lowest BCUT2D eigenvalue weighted by Gasteiger charge is -2.34. The van der Waals surface area contributed by atoms with E-state index in [0.29, 0.717) is 61.5 Å². The predicted molar refractivity (Wildman–Crippen MR) is 170 cm³/mol. The Morgan fingerprint density at radius 1 is 0.930 bits per heavy atom. The molecule has 0 heterocycles. The van der Waals surface area contributed by atoms with Gasteiger partial charge in [0.05, 0.1) is 0 Å². The summed E-state index contributed by atoms with van der Waals surface area (Å²) in [5.41, 5.74) is -0.938. The van der Waals surface area contributed by atoms with Crippen LogP contribution in [0.2, 0.25) is 10.0 Å². The molecule has 0 bridgehead atoms. The van der Waals surface area contributed by atoms with Crippen molar-refractivity contribution in [3.63, 3.8) is 0 Å². The molecule has 0 spiro atoms. The van der Waals surface area contributed by atoms with Crippen molar-refractivity contribution in [1.29, 1.82) is 0 Å². The minimum Gasteiger partial charge on any atom is -0.378 e. The molecule has 6 nitrogen and oxygen atoms in total. The van der Waals surface area contributed by atoms with E-state index in [0.717, 1.165) is 24.0 Å². The summed E-state index contributed by atoms with van der Waals surface area (Å²) in [5.74, 6) is 11.2. The molecule has 1 unspecified atom stereocenters. The molecule has 4 N–H and O–H groups in total. The second kappa shape index (κ2) is 15.1. The van der Waals surface area contributed by atoms with E-state index in [2.05, 4.69) is 34.3 Å². The van der Waals surface area contributed by atoms with E-state index in [1.54, 1.807) is 24.3 Å². The van der Waals surface area contributed by atoms with Gasteiger partial charge in [0.25, 0.3) is 0 Å². The Kier molecular flexibility index (Phi) is 11.6. The van der Waals surface area contributed by atoms with Crippen LogP contribution in [0.3, 0.4) is 0 Å². The molecule has 2 aliphatic rings. The van der Waals surface area contributed by atoms with Gasteiger partial charge in [0, 0.05) is 52.0 Å². The summed E-state index contributed by atoms with van der Waals surface area (Å²) in [7, 11) is 0. The van der Waals surface area contributed by atoms with Crippen molar-refractivity contribution in [2.75, 3.05) is 6.54 Å². The van der Waals surface area contributed by atoms with Crippen molar-refractivity contribution in [3.05, 3.63) is 69.7 Å². The average Bonchev–Trinajstić information content (AvgIpc) is 2.97. The maximum atomic E-state index is 13.1. The summed E-state index contributed by atoms with van der Waals surface area (Å²) < 4.78 is 0. The summed E-state index contributed by atoms with van der Waals surface area (Å²) in [4.78, 5) is 26.1. The predicted octanol–water partition coefficient (Wildman–Crippen LogP) is 5.64. The fraction of sp³-hybridized carbons (Fsp3) is 0.486. The summed E-state index contributed by atoms with van der Waals surface area (Å²) in [5, 5.41) is 29.5. The Morgan fingerprint density at radius 3 is 2.09 bits per heavy atom. The van der Waals surface area contributed by atoms with Crippen molar-refractivity contribution in [2.24, 2.45) is 11.8 Å². The van der Waals surface area contributed by atoms with Gasteiger partial charge >= 0.3 is 0 Å². The highest BCUT2D eigenvalue weighted by Gasteiger charge is 2.37. The first-order valence-electron chi connectivity index (χ1n) is 15.2. The van der Waals surface area contributed by atoms with Crippen LogP contribution in [-0.2, 0) is 9.59 Å². The van der Waals surface area contributed by atoms with Gasteiger partial charge in [0.15, 0.2) is 0 Å². The number of hydrogen-bond acceptors (Lipinski definition) is 4. The average molecular weight is 624 g/mol. The zero-order valence-electron chi connectivity index (χ0n) is 24.6. The van der Waals surface area contributed by atoms with E-state index in [9.17, 15) is 19.8 Å². The summed E-state index contributed by atoms with van der Waals surface area (Å²) >= 11 is 12.1. The van der Waals surface area contributed by atoms with Gasteiger partial charge in [-0.1, -0.05) is 65.9 Å². The Balaban J connectivity index is 1.25. The van der Waals surface area contributed by atoms with Crippen molar-refractivity contribution in [1.82, 2.24) is 10.6 Å². The lowest BCUT2D eigenvalue weighted by atomic mass is 9.78. The molecule has 2 aliphatic carbocycles. The van der Waals surface area contributed by atoms with Crippen LogP contribution in [0.25, 0.3) is 0 Å². The smallest absolute Gasteiger partial charge is 0.223 e. The summed E-state index contributed by atoms with van der Waals surface area (Å²) in [6.07, 6.45) is 5.79. The number of halogens is 2. The van der Waals surface area contributed by atoms with Crippen LogP contribution >= 0.6 is 23.2 Å². The molecule has 5 atom stereocenters. The highest BCUT2D eigenvalue weighted by molar-refractivity contribution is 6.31. The van der Waals surface area contributed by atoms with Crippen LogP contribution in [-0.4, -0.2) is 45.8 Å². The summed E-state index contributed by atoms with van der Waals surface area (Å²) in [6.45, 7) is 2.33. The van der Waals surface area contributed by atoms with E-state index in [4.69, 9.17) is 23.2 Å². The Labute approximate surface area is 264 Å². The third-order valence-electron chi connectivity index (χ3n) is 8.36. The molecule has 8 heteroatoms. The van der Waals surface area contributed by atoms with Crippen molar-refractivity contribution in [3.8, 4) is 23.7 Å². The molecule has 228 valence electrons. The molecule has 0 aromatic heterocycles. The molecule has 2 fully saturated rings. The van der Waals surface area contributed by atoms with E-state index in [1.165, 1.54) is 0 Å². The first-order valence-corrected chi connectivity index (χ1v) is 15.9. The minimum atomic E-state index is -1.23. The van der Waals surface area contributed by atoms with E-state index in [1.807, 2.05) is 31.2 Å². The largest absolute Gasteiger partial charge is 0.378 e. The number of nitrogens with one attached hydrogen (secondary N) is 2. The number of carbonyl (C=O) groups is 2. The molecule has 0 radical (unpaired) electrons. The van der Waals surface area contributed by atoms with Gasteiger partial charge in [0.2, 0.25) is 11.8 Å². The quantitative estimate of drug-likeness (QED) is 0.300. The van der Waals surface area contributed by atoms with Crippen LogP contribution in [0.1, 0.15) is 82.3 Å². The van der Waals surface area contributed by atoms with Crippen LogP contribution < -0.4 is 10.6 Å². The lowest BCUT2D eigenvalue weighted by molar-refractivity contribution is -0.129. The molecule has 2 aromatic carbocycles. The van der Waals surface area contributed by atoms with E-state index in [-0.39, 0.29) is 36.1 Å². The van der Waals surface area contributed by atoms with E-state index < -0.39 is 11.2 Å². The first-order chi connectivity index (χ1) is 20.6. The van der Waals surface area contributed by atoms with Gasteiger partial charge < -0.3 is 20.8 Å². The molecule has 43 heavy (non-hydrogen) atoms. The van der Waals surface area contributed by atoms with Gasteiger partial charge in [-0.2, -0.15) is 0 Å². The first kappa shape index (κ1) is 32.9. The normalized spacial score (nSPS) is 25.7. The van der Waals surface area contributed by atoms with Gasteiger partial charge in [-0.05, 0) is 94.2 Å². The fourth-order valence-electron chi connectivity index (χ4n) is 5.94. The molecule has 2 saturated carbocycles. The molecular weight excluding hydrogens is 583 g/mol. The highest BCUT2D eigenvalue weighted by Crippen LogP contribution is 2.33. The standard InChI is InChI=1S/C35H40Cl2N2O4/c1-2-27(33(41)39-31-12-6-17-35(43,24-31)19-14-26-8-4-11-30(37)22-26)15-20-38-32(40)28-9-5-16-34(42,23-28)18-13-25-7-3-10-29(36)21-25/h3-4,7-8,10-11,21-22,27-28,31,42-43H,2,5-6,9,12,15-17,20,23-24H2,1H3,(H,38,40)(H,39,41)/t27?,28-,31-,34+,35+/m0/s1. The second-order valence-electron chi connectivity index (χ2n) is 11.9. The van der Waals surface area contributed by atoms with Crippen LogP contribution in [0.15, 0.2) is 48.5 Å². The molecule has 0 saturated heterocycles. The fourth-order valence-corrected chi connectivity index (χ4v) is 6.32. The van der Waals surface area contributed by atoms with Crippen LogP contribution in [0.4, 0.5) is 0 Å². The van der Waals surface area contributed by atoms with Gasteiger partial charge in [-0.3, -0.25) is 9.59 Å². The SMILES string of the molecule is CCC(CCNC(=O)[C@H]1CCC[C@@](O)(C#Cc2cccc(Cl)c2)C1)C(=O)N[C@H]1CCC[C@@](O)(C#Cc2cccc(Cl)c2)C1. The Hall–Kier alpha value is -3.00. The summed E-state index contributed by atoms with van der Waals surface area (Å²) in [6, 6.07) is 14.2. The molecule has 2 aromatic rings. The third-order valence-corrected chi connectivity index (χ3v) is 8.83. The van der Waals surface area contributed by atoms with Gasteiger partial charge in [-0.15, -0.1) is 0 Å². The minimum absolute atomic E-state index is 0.0721. The Bertz CT molecular complexity index is 1420. The van der Waals surface area contributed by atoms with Crippen LogP contribution in [0, 0.1) is 35.5 Å². The van der Waals surface area contributed by atoms with Crippen molar-refractivity contribution < 1.29 is 19.8 Å². The molecule has 0 aliphatic heterocycles. The number of benzene rings is 2. The topological polar surface area (TPSA) is 98.7 Å². The molecule has 2 amide bonds. The zero-order chi connectivity index (χ0) is 30.9. The maximum Gasteiger partial charge on any atom is 0.223 e. The number of amides is 2. The number of rotatable bonds is 7. The van der Waals surface area contributed by atoms with Crippen LogP contribution in [0.5, 0.6) is 0 Å². The van der Waals surface area contributed by atoms with Crippen molar-refractivity contribution >= 4 is 35.0 Å².